The lowest BCUT2D eigenvalue weighted by molar-refractivity contribution is 0.568. The number of benzene rings is 1. The largest absolute Gasteiger partial charge is 0.461 e. The summed E-state index contributed by atoms with van der Waals surface area (Å²) in [5.41, 5.74) is 3.22. The maximum absolute atomic E-state index is 5.59. The second-order valence-electron chi connectivity index (χ2n) is 5.94. The minimum Gasteiger partial charge on any atom is -0.461 e. The third-order valence-corrected chi connectivity index (χ3v) is 5.96. The normalized spacial score (nSPS) is 11.0. The van der Waals surface area contributed by atoms with Crippen LogP contribution in [-0.2, 0) is 12.3 Å². The summed E-state index contributed by atoms with van der Waals surface area (Å²) < 4.78 is 7.61. The van der Waals surface area contributed by atoms with Gasteiger partial charge in [0.1, 0.15) is 5.01 Å². The van der Waals surface area contributed by atoms with E-state index in [0.717, 1.165) is 44.3 Å². The average Bonchev–Trinajstić information content (AvgIpc) is 3.41. The highest BCUT2D eigenvalue weighted by Gasteiger charge is 2.18. The van der Waals surface area contributed by atoms with E-state index in [1.807, 2.05) is 41.8 Å². The zero-order chi connectivity index (χ0) is 18.6. The lowest BCUT2D eigenvalue weighted by Gasteiger charge is -2.06. The minimum atomic E-state index is 0.622. The quantitative estimate of drug-likeness (QED) is 0.308. The topological polar surface area (TPSA) is 56.7 Å². The van der Waals surface area contributed by atoms with Crippen LogP contribution in [0.2, 0.25) is 0 Å². The Balaban J connectivity index is 1.53. The van der Waals surface area contributed by atoms with Crippen LogP contribution in [0.5, 0.6) is 0 Å². The predicted octanol–water partition coefficient (Wildman–Crippen LogP) is 5.45. The zero-order valence-corrected chi connectivity index (χ0v) is 16.5. The Morgan fingerprint density at radius 2 is 2.07 bits per heavy atom. The molecule has 0 radical (unpaired) electrons. The molecular formula is C20H18N4OS2. The Bertz CT molecular complexity index is 1050. The number of hydrogen-bond acceptors (Lipinski definition) is 6. The molecule has 3 heterocycles. The van der Waals surface area contributed by atoms with Crippen molar-refractivity contribution >= 4 is 23.1 Å². The minimum absolute atomic E-state index is 0.622. The molecule has 3 aromatic heterocycles. The fourth-order valence-corrected chi connectivity index (χ4v) is 4.46. The van der Waals surface area contributed by atoms with Gasteiger partial charge in [-0.3, -0.25) is 4.57 Å². The van der Waals surface area contributed by atoms with Gasteiger partial charge >= 0.3 is 0 Å². The summed E-state index contributed by atoms with van der Waals surface area (Å²) in [6.45, 7) is 6.47. The van der Waals surface area contributed by atoms with Crippen molar-refractivity contribution in [2.24, 2.45) is 0 Å². The van der Waals surface area contributed by atoms with E-state index < -0.39 is 0 Å². The Labute approximate surface area is 165 Å². The van der Waals surface area contributed by atoms with Crippen molar-refractivity contribution in [3.63, 3.8) is 0 Å². The van der Waals surface area contributed by atoms with Gasteiger partial charge < -0.3 is 4.42 Å². The molecule has 136 valence electrons. The molecule has 0 aliphatic heterocycles. The van der Waals surface area contributed by atoms with Crippen LogP contribution in [0.1, 0.15) is 11.3 Å². The first-order valence-corrected chi connectivity index (χ1v) is 10.3. The van der Waals surface area contributed by atoms with Crippen molar-refractivity contribution in [1.29, 1.82) is 0 Å². The molecule has 0 saturated carbocycles. The van der Waals surface area contributed by atoms with Crippen LogP contribution in [0.3, 0.4) is 0 Å². The summed E-state index contributed by atoms with van der Waals surface area (Å²) >= 11 is 3.28. The second-order valence-corrected chi connectivity index (χ2v) is 7.74. The van der Waals surface area contributed by atoms with Gasteiger partial charge in [-0.15, -0.1) is 28.1 Å². The summed E-state index contributed by atoms with van der Waals surface area (Å²) in [6, 6.07) is 12.2. The molecular weight excluding hydrogens is 376 g/mol. The van der Waals surface area contributed by atoms with Crippen LogP contribution in [0.4, 0.5) is 0 Å². The molecule has 0 aliphatic rings. The molecule has 5 nitrogen and oxygen atoms in total. The molecule has 1 aromatic carbocycles. The Kier molecular flexibility index (Phi) is 5.22. The number of thiazole rings is 1. The Morgan fingerprint density at radius 1 is 1.22 bits per heavy atom. The van der Waals surface area contributed by atoms with Crippen molar-refractivity contribution in [2.45, 2.75) is 24.4 Å². The third kappa shape index (κ3) is 3.74. The highest BCUT2D eigenvalue weighted by Crippen LogP contribution is 2.30. The number of thioether (sulfide) groups is 1. The van der Waals surface area contributed by atoms with Gasteiger partial charge in [-0.05, 0) is 18.6 Å². The molecule has 0 N–H and O–H groups in total. The number of allylic oxidation sites excluding steroid dienone is 1. The Morgan fingerprint density at radius 3 is 2.81 bits per heavy atom. The van der Waals surface area contributed by atoms with Gasteiger partial charge in [0.15, 0.2) is 10.9 Å². The molecule has 0 atom stereocenters. The second kappa shape index (κ2) is 7.94. The van der Waals surface area contributed by atoms with Crippen LogP contribution in [0.25, 0.3) is 22.2 Å². The number of furan rings is 1. The monoisotopic (exact) mass is 394 g/mol. The average molecular weight is 395 g/mol. The van der Waals surface area contributed by atoms with E-state index >= 15 is 0 Å². The first-order valence-electron chi connectivity index (χ1n) is 8.47. The lowest BCUT2D eigenvalue weighted by Crippen LogP contribution is -2.00. The number of nitrogens with zero attached hydrogens (tertiary/aromatic N) is 4. The van der Waals surface area contributed by atoms with Gasteiger partial charge in [-0.2, -0.15) is 0 Å². The standard InChI is InChI=1S/C20H18N4OS2/c1-3-10-24-18(17-14(2)9-11-25-17)22-23-20(24)27-13-16-12-26-19(21-16)15-7-5-4-6-8-15/h3-9,11-12H,1,10,13H2,2H3. The van der Waals surface area contributed by atoms with Gasteiger partial charge in [0, 0.05) is 23.2 Å². The molecule has 27 heavy (non-hydrogen) atoms. The van der Waals surface area contributed by atoms with Crippen LogP contribution < -0.4 is 0 Å². The fourth-order valence-electron chi connectivity index (χ4n) is 2.68. The zero-order valence-electron chi connectivity index (χ0n) is 14.8. The van der Waals surface area contributed by atoms with E-state index in [2.05, 4.69) is 34.3 Å². The molecule has 0 bridgehead atoms. The van der Waals surface area contributed by atoms with Gasteiger partial charge in [0.25, 0.3) is 0 Å². The summed E-state index contributed by atoms with van der Waals surface area (Å²) in [5.74, 6) is 2.20. The van der Waals surface area contributed by atoms with Crippen LogP contribution >= 0.6 is 23.1 Å². The molecule has 0 amide bonds. The number of hydrogen-bond donors (Lipinski definition) is 0. The van der Waals surface area contributed by atoms with Crippen LogP contribution in [-0.4, -0.2) is 19.7 Å². The van der Waals surface area contributed by atoms with E-state index in [1.54, 1.807) is 29.4 Å². The van der Waals surface area contributed by atoms with E-state index in [9.17, 15) is 0 Å². The fraction of sp³-hybridized carbons (Fsp3) is 0.150. The molecule has 0 unspecified atom stereocenters. The molecule has 7 heteroatoms. The van der Waals surface area contributed by atoms with E-state index in [-0.39, 0.29) is 0 Å². The molecule has 0 saturated heterocycles. The van der Waals surface area contributed by atoms with Gasteiger partial charge in [-0.1, -0.05) is 48.2 Å². The first-order chi connectivity index (χ1) is 13.3. The van der Waals surface area contributed by atoms with Crippen molar-refractivity contribution in [3.8, 4) is 22.2 Å². The van der Waals surface area contributed by atoms with Gasteiger partial charge in [-0.25, -0.2) is 4.98 Å². The van der Waals surface area contributed by atoms with Crippen molar-refractivity contribution < 1.29 is 4.42 Å². The molecule has 0 aliphatic carbocycles. The van der Waals surface area contributed by atoms with Crippen LogP contribution in [0, 0.1) is 6.92 Å². The molecule has 0 fully saturated rings. The maximum Gasteiger partial charge on any atom is 0.201 e. The maximum atomic E-state index is 5.59. The molecule has 4 aromatic rings. The van der Waals surface area contributed by atoms with Crippen molar-refractivity contribution in [1.82, 2.24) is 19.7 Å². The SMILES string of the molecule is C=CCn1c(SCc2csc(-c3ccccc3)n2)nnc1-c1occc1C. The van der Waals surface area contributed by atoms with Gasteiger partial charge in [0.05, 0.1) is 12.0 Å². The van der Waals surface area contributed by atoms with Crippen molar-refractivity contribution in [3.05, 3.63) is 72.0 Å². The third-order valence-electron chi connectivity index (χ3n) is 4.02. The predicted molar refractivity (Wildman–Crippen MR) is 110 cm³/mol. The summed E-state index contributed by atoms with van der Waals surface area (Å²) in [5, 5.41) is 12.7. The molecule has 0 spiro atoms. The highest BCUT2D eigenvalue weighted by molar-refractivity contribution is 7.98. The summed E-state index contributed by atoms with van der Waals surface area (Å²) in [6.07, 6.45) is 3.51. The lowest BCUT2D eigenvalue weighted by atomic mass is 10.2. The molecule has 4 rings (SSSR count). The van der Waals surface area contributed by atoms with Gasteiger partial charge in [0.2, 0.25) is 5.82 Å². The Hall–Kier alpha value is -2.64. The van der Waals surface area contributed by atoms with E-state index in [4.69, 9.17) is 9.40 Å². The number of rotatable bonds is 7. The highest BCUT2D eigenvalue weighted by atomic mass is 32.2. The van der Waals surface area contributed by atoms with Crippen molar-refractivity contribution in [2.75, 3.05) is 0 Å². The van der Waals surface area contributed by atoms with E-state index in [1.165, 1.54) is 0 Å². The van der Waals surface area contributed by atoms with Crippen LogP contribution in [0.15, 0.2) is 70.3 Å². The summed E-state index contributed by atoms with van der Waals surface area (Å²) in [4.78, 5) is 4.74. The number of aryl methyl sites for hydroxylation is 1. The van der Waals surface area contributed by atoms with E-state index in [0.29, 0.717) is 6.54 Å². The number of aromatic nitrogens is 4. The summed E-state index contributed by atoms with van der Waals surface area (Å²) in [7, 11) is 0. The smallest absolute Gasteiger partial charge is 0.201 e. The first kappa shape index (κ1) is 17.8.